The Bertz CT molecular complexity index is 2240. The molecule has 0 bridgehead atoms. The van der Waals surface area contributed by atoms with Crippen LogP contribution >= 0.6 is 0 Å². The quantitative estimate of drug-likeness (QED) is 0.0860. The first-order chi connectivity index (χ1) is 28.9. The number of carboxylic acid groups (broad SMARTS) is 2. The van der Waals surface area contributed by atoms with Gasteiger partial charge in [0.1, 0.15) is 6.04 Å². The lowest BCUT2D eigenvalue weighted by Gasteiger charge is -2.33. The molecule has 2 aliphatic rings. The lowest BCUT2D eigenvalue weighted by Crippen LogP contribution is -2.48. The number of nitrogens with one attached hydrogen (secondary N) is 6. The molecule has 61 heavy (non-hydrogen) atoms. The molecule has 2 fully saturated rings. The highest BCUT2D eigenvalue weighted by Gasteiger charge is 2.38. The van der Waals surface area contributed by atoms with Crippen molar-refractivity contribution in [2.24, 2.45) is 11.8 Å². The number of fused-ring (bicyclic) bond motifs is 1. The van der Waals surface area contributed by atoms with Crippen molar-refractivity contribution >= 4 is 46.4 Å². The number of aromatic amines is 2. The molecule has 2 saturated carbocycles. The fourth-order valence-corrected chi connectivity index (χ4v) is 7.89. The number of halogens is 3. The summed E-state index contributed by atoms with van der Waals surface area (Å²) in [7, 11) is 4.22. The normalized spacial score (nSPS) is 19.5. The minimum atomic E-state index is -5.08. The van der Waals surface area contributed by atoms with Crippen LogP contribution in [-0.4, -0.2) is 100 Å². The SMILES string of the molecule is Cc1cc(C(=O)N[C@H]2CC[C@H](N(C)C)CC2)ccc1-c1ccc(C[C@H](NC(=O)C2CCC(CNC(=O)O)CC2)C(=O)Nc2ccc3c(=O)[nH][nH]c3c2)cc1.O=C(O)C(F)(F)F. The van der Waals surface area contributed by atoms with E-state index in [4.69, 9.17) is 15.0 Å². The molecule has 1 aromatic heterocycles. The summed E-state index contributed by atoms with van der Waals surface area (Å²) in [4.78, 5) is 74.5. The number of aromatic nitrogens is 2. The van der Waals surface area contributed by atoms with Crippen LogP contribution in [0.4, 0.5) is 23.7 Å². The second kappa shape index (κ2) is 20.4. The van der Waals surface area contributed by atoms with E-state index in [9.17, 15) is 37.1 Å². The third-order valence-electron chi connectivity index (χ3n) is 11.4. The summed E-state index contributed by atoms with van der Waals surface area (Å²) in [5.41, 5.74) is 5.21. The molecular weight excluding hydrogens is 800 g/mol. The molecule has 15 nitrogen and oxygen atoms in total. The van der Waals surface area contributed by atoms with E-state index in [-0.39, 0.29) is 47.6 Å². The maximum absolute atomic E-state index is 13.8. The summed E-state index contributed by atoms with van der Waals surface area (Å²) in [6.07, 6.45) is 0.860. The van der Waals surface area contributed by atoms with Crippen molar-refractivity contribution in [3.8, 4) is 11.1 Å². The standard InChI is InChI=1S/C41H51N7O6.C2HF3O2/c1-24-20-29(38(50)43-30-13-16-32(17-14-30)48(2)3)12-18-33(24)27-8-4-25(5-9-27)21-36(40(52)44-31-15-19-34-35(22-31)46-47-39(34)51)45-37(49)28-10-6-26(7-11-28)23-42-41(53)54;3-2(4,5)1(6)7/h4-5,8-9,12,15,18-20,22,26,28,30,32,36,42H,6-7,10-11,13-14,16-17,21,23H2,1-3H3,(H,43,50)(H,44,52)(H,45,49)(H,53,54)(H2,46,47,51);(H,6,7)/t26?,28?,30-,32-,36-;/m0./s1. The van der Waals surface area contributed by atoms with Gasteiger partial charge in [0.2, 0.25) is 11.8 Å². The van der Waals surface area contributed by atoms with E-state index < -0.39 is 24.3 Å². The second-order valence-electron chi connectivity index (χ2n) is 16.0. The number of carbonyl (C=O) groups is 5. The molecule has 8 N–H and O–H groups in total. The number of rotatable bonds is 12. The number of H-pyrrole nitrogens is 2. The van der Waals surface area contributed by atoms with Gasteiger partial charge in [0, 0.05) is 42.2 Å². The number of aliphatic carboxylic acids is 1. The van der Waals surface area contributed by atoms with Gasteiger partial charge in [-0.3, -0.25) is 29.4 Å². The molecule has 3 aromatic carbocycles. The topological polar surface area (TPSA) is 226 Å². The molecule has 6 rings (SSSR count). The third-order valence-corrected chi connectivity index (χ3v) is 11.4. The van der Waals surface area contributed by atoms with Crippen molar-refractivity contribution in [3.63, 3.8) is 0 Å². The van der Waals surface area contributed by atoms with Gasteiger partial charge < -0.3 is 36.4 Å². The number of hydrogen-bond donors (Lipinski definition) is 8. The van der Waals surface area contributed by atoms with Gasteiger partial charge >= 0.3 is 18.2 Å². The number of hydrogen-bond acceptors (Lipinski definition) is 7. The van der Waals surface area contributed by atoms with Crippen LogP contribution in [0.2, 0.25) is 0 Å². The third kappa shape index (κ3) is 12.9. The van der Waals surface area contributed by atoms with Crippen molar-refractivity contribution in [1.29, 1.82) is 0 Å². The van der Waals surface area contributed by atoms with Gasteiger partial charge in [0.15, 0.2) is 0 Å². The summed E-state index contributed by atoms with van der Waals surface area (Å²) >= 11 is 0. The van der Waals surface area contributed by atoms with Gasteiger partial charge in [-0.15, -0.1) is 0 Å². The Morgan fingerprint density at radius 3 is 2.10 bits per heavy atom. The Morgan fingerprint density at radius 1 is 0.852 bits per heavy atom. The van der Waals surface area contributed by atoms with Crippen LogP contribution in [0.25, 0.3) is 22.0 Å². The Morgan fingerprint density at radius 2 is 1.51 bits per heavy atom. The lowest BCUT2D eigenvalue weighted by atomic mass is 9.81. The second-order valence-corrected chi connectivity index (χ2v) is 16.0. The average molecular weight is 852 g/mol. The van der Waals surface area contributed by atoms with Crippen LogP contribution in [-0.2, 0) is 20.8 Å². The largest absolute Gasteiger partial charge is 0.490 e. The average Bonchev–Trinajstić information content (AvgIpc) is 3.59. The van der Waals surface area contributed by atoms with Crippen LogP contribution in [0.1, 0.15) is 72.9 Å². The number of nitrogens with zero attached hydrogens (tertiary/aromatic N) is 1. The van der Waals surface area contributed by atoms with Gasteiger partial charge in [0.25, 0.3) is 11.5 Å². The fourth-order valence-electron chi connectivity index (χ4n) is 7.89. The van der Waals surface area contributed by atoms with Crippen LogP contribution in [0.5, 0.6) is 0 Å². The van der Waals surface area contributed by atoms with Crippen molar-refractivity contribution in [1.82, 2.24) is 31.0 Å². The lowest BCUT2D eigenvalue weighted by molar-refractivity contribution is -0.192. The van der Waals surface area contributed by atoms with Crippen molar-refractivity contribution < 1.29 is 47.4 Å². The van der Waals surface area contributed by atoms with E-state index in [1.807, 2.05) is 49.4 Å². The highest BCUT2D eigenvalue weighted by Crippen LogP contribution is 2.30. The van der Waals surface area contributed by atoms with Gasteiger partial charge in [-0.05, 0) is 131 Å². The van der Waals surface area contributed by atoms with E-state index in [0.29, 0.717) is 60.4 Å². The predicted molar refractivity (Wildman–Crippen MR) is 222 cm³/mol. The molecule has 0 aliphatic heterocycles. The molecule has 0 radical (unpaired) electrons. The zero-order chi connectivity index (χ0) is 44.4. The maximum atomic E-state index is 13.8. The number of amides is 4. The Balaban J connectivity index is 0.000000925. The van der Waals surface area contributed by atoms with E-state index in [1.54, 1.807) is 18.2 Å². The van der Waals surface area contributed by atoms with E-state index in [0.717, 1.165) is 47.9 Å². The van der Waals surface area contributed by atoms with Crippen LogP contribution in [0.3, 0.4) is 0 Å². The number of alkyl halides is 3. The molecule has 1 atom stereocenters. The molecule has 2 aliphatic carbocycles. The summed E-state index contributed by atoms with van der Waals surface area (Å²) in [6, 6.07) is 18.4. The number of anilines is 1. The Kier molecular flexibility index (Phi) is 15.3. The molecule has 18 heteroatoms. The molecule has 0 saturated heterocycles. The zero-order valence-electron chi connectivity index (χ0n) is 34.2. The number of aryl methyl sites for hydroxylation is 1. The van der Waals surface area contributed by atoms with Crippen LogP contribution in [0, 0.1) is 18.8 Å². The number of benzene rings is 3. The van der Waals surface area contributed by atoms with Gasteiger partial charge in [0.05, 0.1) is 10.9 Å². The van der Waals surface area contributed by atoms with Crippen molar-refractivity contribution in [3.05, 3.63) is 87.7 Å². The molecular formula is C43H52F3N7O8. The van der Waals surface area contributed by atoms with Gasteiger partial charge in [-0.2, -0.15) is 13.2 Å². The molecule has 328 valence electrons. The zero-order valence-corrected chi connectivity index (χ0v) is 34.2. The summed E-state index contributed by atoms with van der Waals surface area (Å²) in [5, 5.41) is 33.5. The summed E-state index contributed by atoms with van der Waals surface area (Å²) < 4.78 is 31.7. The fraction of sp³-hybridized carbons (Fsp3) is 0.442. The van der Waals surface area contributed by atoms with E-state index in [2.05, 4.69) is 50.5 Å². The number of carboxylic acids is 1. The van der Waals surface area contributed by atoms with Crippen LogP contribution in [0.15, 0.2) is 65.5 Å². The maximum Gasteiger partial charge on any atom is 0.490 e. The first kappa shape index (κ1) is 45.9. The first-order valence-corrected chi connectivity index (χ1v) is 20.1. The van der Waals surface area contributed by atoms with Crippen LogP contribution < -0.4 is 26.8 Å². The minimum Gasteiger partial charge on any atom is -0.475 e. The van der Waals surface area contributed by atoms with E-state index >= 15 is 0 Å². The summed E-state index contributed by atoms with van der Waals surface area (Å²) in [5.74, 6) is -3.51. The predicted octanol–water partition coefficient (Wildman–Crippen LogP) is 5.81. The molecule has 0 unspecified atom stereocenters. The highest BCUT2D eigenvalue weighted by molar-refractivity contribution is 5.99. The van der Waals surface area contributed by atoms with E-state index in [1.165, 1.54) is 0 Å². The Hall–Kier alpha value is -6.17. The monoisotopic (exact) mass is 851 g/mol. The van der Waals surface area contributed by atoms with Gasteiger partial charge in [-0.1, -0.05) is 30.3 Å². The molecule has 4 aromatic rings. The smallest absolute Gasteiger partial charge is 0.475 e. The highest BCUT2D eigenvalue weighted by atomic mass is 19.4. The molecule has 1 heterocycles. The summed E-state index contributed by atoms with van der Waals surface area (Å²) in [6.45, 7) is 2.35. The number of carbonyl (C=O) groups excluding carboxylic acids is 3. The Labute approximate surface area is 349 Å². The van der Waals surface area contributed by atoms with Crippen molar-refractivity contribution in [2.45, 2.75) is 89.0 Å². The molecule has 4 amide bonds. The first-order valence-electron chi connectivity index (χ1n) is 20.1. The molecule has 0 spiro atoms. The minimum absolute atomic E-state index is 0.0517. The van der Waals surface area contributed by atoms with Gasteiger partial charge in [-0.25, -0.2) is 9.59 Å². The van der Waals surface area contributed by atoms with Crippen molar-refractivity contribution in [2.75, 3.05) is 26.0 Å².